The molecule has 0 saturated heterocycles. The van der Waals surface area contributed by atoms with E-state index in [-0.39, 0.29) is 0 Å². The van der Waals surface area contributed by atoms with Crippen molar-refractivity contribution in [1.29, 1.82) is 0 Å². The van der Waals surface area contributed by atoms with Crippen molar-refractivity contribution < 1.29 is 0 Å². The topological polar surface area (TPSA) is 24.4 Å². The highest BCUT2D eigenvalue weighted by Gasteiger charge is 1.73. The summed E-state index contributed by atoms with van der Waals surface area (Å²) in [6, 6.07) is 0. The van der Waals surface area contributed by atoms with Gasteiger partial charge in [0, 0.05) is 13.3 Å². The van der Waals surface area contributed by atoms with Crippen molar-refractivity contribution in [3.63, 3.8) is 0 Å². The van der Waals surface area contributed by atoms with Gasteiger partial charge in [-0.3, -0.25) is 0 Å². The van der Waals surface area contributed by atoms with Gasteiger partial charge in [0.2, 0.25) is 0 Å². The minimum absolute atomic E-state index is 1.17. The molecule has 0 aromatic carbocycles. The Bertz CT molecular complexity index is 103. The molecular formula is C6H12N2. The Labute approximate surface area is 50.3 Å². The third-order valence-corrected chi connectivity index (χ3v) is 0.853. The molecule has 0 heterocycles. The first kappa shape index (κ1) is 7.21. The van der Waals surface area contributed by atoms with Crippen LogP contribution in [0.2, 0.25) is 0 Å². The van der Waals surface area contributed by atoms with Crippen LogP contribution < -0.4 is 5.43 Å². The maximum atomic E-state index is 3.80. The monoisotopic (exact) mass is 112 g/mol. The van der Waals surface area contributed by atoms with Gasteiger partial charge in [-0.2, -0.15) is 5.10 Å². The van der Waals surface area contributed by atoms with Gasteiger partial charge in [-0.15, -0.1) is 0 Å². The highest BCUT2D eigenvalue weighted by Crippen LogP contribution is 1.82. The molecular weight excluding hydrogens is 100 g/mol. The third kappa shape index (κ3) is 3.40. The second kappa shape index (κ2) is 4.37. The average Bonchev–Trinajstić information content (AvgIpc) is 1.83. The van der Waals surface area contributed by atoms with Gasteiger partial charge in [0.05, 0.1) is 0 Å². The summed E-state index contributed by atoms with van der Waals surface area (Å²) in [5.74, 6) is 0. The molecule has 0 radical (unpaired) electrons. The van der Waals surface area contributed by atoms with Crippen LogP contribution in [0.15, 0.2) is 16.8 Å². The van der Waals surface area contributed by atoms with Crippen LogP contribution in [0.4, 0.5) is 0 Å². The second-order valence-corrected chi connectivity index (χ2v) is 1.51. The maximum Gasteiger partial charge on any atom is 0.0493 e. The lowest BCUT2D eigenvalue weighted by atomic mass is 10.3. The summed E-state index contributed by atoms with van der Waals surface area (Å²) in [6.07, 6.45) is 3.78. The van der Waals surface area contributed by atoms with E-state index in [1.807, 2.05) is 19.9 Å². The minimum atomic E-state index is 1.17. The van der Waals surface area contributed by atoms with Crippen molar-refractivity contribution >= 4 is 6.21 Å². The van der Waals surface area contributed by atoms with Crippen LogP contribution in [0.1, 0.15) is 13.8 Å². The molecule has 0 fully saturated rings. The summed E-state index contributed by atoms with van der Waals surface area (Å²) in [5.41, 5.74) is 3.83. The first-order valence-electron chi connectivity index (χ1n) is 2.64. The van der Waals surface area contributed by atoms with Gasteiger partial charge in [-0.1, -0.05) is 6.08 Å². The summed E-state index contributed by atoms with van der Waals surface area (Å²) >= 11 is 0. The predicted octanol–water partition coefficient (Wildman–Crippen LogP) is 1.16. The number of nitrogens with zero attached hydrogens (tertiary/aromatic N) is 1. The molecule has 0 aliphatic heterocycles. The van der Waals surface area contributed by atoms with E-state index < -0.39 is 0 Å². The minimum Gasteiger partial charge on any atom is -0.313 e. The van der Waals surface area contributed by atoms with E-state index in [1.54, 1.807) is 13.3 Å². The Morgan fingerprint density at radius 2 is 2.25 bits per heavy atom. The number of rotatable bonds is 2. The molecule has 0 aliphatic rings. The molecule has 46 valence electrons. The van der Waals surface area contributed by atoms with E-state index in [0.717, 1.165) is 0 Å². The number of nitrogens with one attached hydrogen (secondary N) is 1. The van der Waals surface area contributed by atoms with Crippen LogP contribution in [0.5, 0.6) is 0 Å². The molecule has 0 atom stereocenters. The summed E-state index contributed by atoms with van der Waals surface area (Å²) in [6.45, 7) is 3.98. The Morgan fingerprint density at radius 3 is 2.62 bits per heavy atom. The zero-order valence-electron chi connectivity index (χ0n) is 5.60. The highest BCUT2D eigenvalue weighted by molar-refractivity contribution is 5.77. The summed E-state index contributed by atoms with van der Waals surface area (Å²) in [4.78, 5) is 0. The Balaban J connectivity index is 3.53. The van der Waals surface area contributed by atoms with Crippen molar-refractivity contribution in [2.45, 2.75) is 13.8 Å². The van der Waals surface area contributed by atoms with E-state index >= 15 is 0 Å². The first-order valence-corrected chi connectivity index (χ1v) is 2.64. The summed E-state index contributed by atoms with van der Waals surface area (Å²) < 4.78 is 0. The average molecular weight is 112 g/mol. The van der Waals surface area contributed by atoms with E-state index in [1.165, 1.54) is 5.57 Å². The van der Waals surface area contributed by atoms with Gasteiger partial charge in [0.1, 0.15) is 0 Å². The normalized spacial score (nSPS) is 12.6. The van der Waals surface area contributed by atoms with Crippen molar-refractivity contribution in [3.05, 3.63) is 11.6 Å². The van der Waals surface area contributed by atoms with Gasteiger partial charge in [-0.25, -0.2) is 0 Å². The third-order valence-electron chi connectivity index (χ3n) is 0.853. The van der Waals surface area contributed by atoms with Crippen LogP contribution in [-0.2, 0) is 0 Å². The van der Waals surface area contributed by atoms with Crippen LogP contribution in [-0.4, -0.2) is 13.3 Å². The van der Waals surface area contributed by atoms with Crippen molar-refractivity contribution in [2.24, 2.45) is 5.10 Å². The van der Waals surface area contributed by atoms with Gasteiger partial charge < -0.3 is 5.43 Å². The smallest absolute Gasteiger partial charge is 0.0493 e. The Kier molecular flexibility index (Phi) is 3.94. The molecule has 0 aromatic heterocycles. The van der Waals surface area contributed by atoms with Crippen LogP contribution in [0.3, 0.4) is 0 Å². The molecule has 2 nitrogen and oxygen atoms in total. The molecule has 0 spiro atoms. The van der Waals surface area contributed by atoms with E-state index in [0.29, 0.717) is 0 Å². The van der Waals surface area contributed by atoms with E-state index in [4.69, 9.17) is 0 Å². The lowest BCUT2D eigenvalue weighted by molar-refractivity contribution is 0.907. The fourth-order valence-corrected chi connectivity index (χ4v) is 0.241. The van der Waals surface area contributed by atoms with Crippen LogP contribution in [0, 0.1) is 0 Å². The molecule has 1 N–H and O–H groups in total. The van der Waals surface area contributed by atoms with Crippen LogP contribution >= 0.6 is 0 Å². The summed E-state index contributed by atoms with van der Waals surface area (Å²) in [5, 5.41) is 3.80. The van der Waals surface area contributed by atoms with Crippen molar-refractivity contribution in [3.8, 4) is 0 Å². The number of hydrazone groups is 1. The quantitative estimate of drug-likeness (QED) is 0.420. The van der Waals surface area contributed by atoms with E-state index in [2.05, 4.69) is 10.5 Å². The second-order valence-electron chi connectivity index (χ2n) is 1.51. The lowest BCUT2D eigenvalue weighted by Crippen LogP contribution is -1.93. The molecule has 0 aromatic rings. The van der Waals surface area contributed by atoms with Gasteiger partial charge in [0.15, 0.2) is 0 Å². The largest absolute Gasteiger partial charge is 0.313 e. The molecule has 2 heteroatoms. The standard InChI is InChI=1S/C6H12N2/c1-4-6(2)5-8-7-3/h4-5,7H,1-3H3/b6-4+,8-5+. The maximum absolute atomic E-state index is 3.80. The fourth-order valence-electron chi connectivity index (χ4n) is 0.241. The van der Waals surface area contributed by atoms with E-state index in [9.17, 15) is 0 Å². The number of allylic oxidation sites excluding steroid dienone is 2. The van der Waals surface area contributed by atoms with Crippen molar-refractivity contribution in [1.82, 2.24) is 5.43 Å². The number of hydrogen-bond donors (Lipinski definition) is 1. The van der Waals surface area contributed by atoms with Gasteiger partial charge >= 0.3 is 0 Å². The Morgan fingerprint density at radius 1 is 1.62 bits per heavy atom. The molecule has 0 bridgehead atoms. The molecule has 0 unspecified atom stereocenters. The summed E-state index contributed by atoms with van der Waals surface area (Å²) in [7, 11) is 1.78. The lowest BCUT2D eigenvalue weighted by Gasteiger charge is -1.85. The number of hydrogen-bond acceptors (Lipinski definition) is 2. The highest BCUT2D eigenvalue weighted by atomic mass is 15.3. The van der Waals surface area contributed by atoms with Crippen molar-refractivity contribution in [2.75, 3.05) is 7.05 Å². The zero-order valence-corrected chi connectivity index (χ0v) is 5.60. The first-order chi connectivity index (χ1) is 3.81. The molecule has 0 saturated carbocycles. The molecule has 0 rings (SSSR count). The van der Waals surface area contributed by atoms with Crippen LogP contribution in [0.25, 0.3) is 0 Å². The molecule has 0 amide bonds. The Hall–Kier alpha value is -0.790. The fraction of sp³-hybridized carbons (Fsp3) is 0.500. The SMILES string of the molecule is C/C=C(C)/C=N/NC. The zero-order chi connectivity index (χ0) is 6.41. The van der Waals surface area contributed by atoms with Gasteiger partial charge in [-0.05, 0) is 19.4 Å². The predicted molar refractivity (Wildman–Crippen MR) is 37.0 cm³/mol. The van der Waals surface area contributed by atoms with Gasteiger partial charge in [0.25, 0.3) is 0 Å². The molecule has 0 aliphatic carbocycles. The molecule has 8 heavy (non-hydrogen) atoms.